The van der Waals surface area contributed by atoms with E-state index in [4.69, 9.17) is 9.47 Å². The van der Waals surface area contributed by atoms with Crippen LogP contribution in [0.5, 0.6) is 0 Å². The summed E-state index contributed by atoms with van der Waals surface area (Å²) in [6.07, 6.45) is 2.15. The normalized spacial score (nSPS) is 21.1. The minimum absolute atomic E-state index is 0.0314. The molecular weight excluding hydrogens is 400 g/mol. The molecule has 0 unspecified atom stereocenters. The van der Waals surface area contributed by atoms with Crippen LogP contribution in [-0.4, -0.2) is 58.0 Å². The van der Waals surface area contributed by atoms with Gasteiger partial charge in [0.2, 0.25) is 5.91 Å². The van der Waals surface area contributed by atoms with Crippen molar-refractivity contribution in [3.8, 4) is 0 Å². The molecule has 1 saturated heterocycles. The summed E-state index contributed by atoms with van der Waals surface area (Å²) in [5.74, 6) is -0.937. The van der Waals surface area contributed by atoms with Crippen molar-refractivity contribution in [2.75, 3.05) is 6.54 Å². The van der Waals surface area contributed by atoms with E-state index in [1.54, 1.807) is 39.5 Å². The summed E-state index contributed by atoms with van der Waals surface area (Å²) in [7, 11) is 0. The van der Waals surface area contributed by atoms with Crippen molar-refractivity contribution in [3.05, 3.63) is 0 Å². The lowest BCUT2D eigenvalue weighted by Crippen LogP contribution is -2.51. The molecular formula is C23H42N2O6. The molecule has 180 valence electrons. The van der Waals surface area contributed by atoms with E-state index >= 15 is 0 Å². The molecule has 0 aromatic carbocycles. The quantitative estimate of drug-likeness (QED) is 0.488. The number of aliphatic carboxylic acids is 1. The number of carbonyl (C=O) groups excluding carboxylic acids is 2. The number of carboxylic acids is 1. The third-order valence-corrected chi connectivity index (χ3v) is 5.27. The van der Waals surface area contributed by atoms with Crippen LogP contribution >= 0.6 is 0 Å². The van der Waals surface area contributed by atoms with Crippen LogP contribution in [0, 0.1) is 5.41 Å². The zero-order valence-corrected chi connectivity index (χ0v) is 20.5. The Morgan fingerprint density at radius 1 is 1.16 bits per heavy atom. The van der Waals surface area contributed by atoms with E-state index in [0.29, 0.717) is 19.4 Å². The van der Waals surface area contributed by atoms with Gasteiger partial charge >= 0.3 is 12.1 Å². The molecule has 1 aliphatic rings. The summed E-state index contributed by atoms with van der Waals surface area (Å²) < 4.78 is 11.9. The number of unbranched alkanes of at least 4 members (excludes halogenated alkanes) is 1. The topological polar surface area (TPSA) is 105 Å². The Morgan fingerprint density at radius 3 is 2.29 bits per heavy atom. The fourth-order valence-electron chi connectivity index (χ4n) is 4.03. The Morgan fingerprint density at radius 2 is 1.77 bits per heavy atom. The van der Waals surface area contributed by atoms with Gasteiger partial charge in [0.1, 0.15) is 11.3 Å². The van der Waals surface area contributed by atoms with Gasteiger partial charge in [0.05, 0.1) is 18.6 Å². The third kappa shape index (κ3) is 9.05. The van der Waals surface area contributed by atoms with E-state index in [2.05, 4.69) is 12.2 Å². The fraction of sp³-hybridized carbons (Fsp3) is 0.870. The van der Waals surface area contributed by atoms with Crippen LogP contribution in [0.1, 0.15) is 93.9 Å². The lowest BCUT2D eigenvalue weighted by atomic mass is 9.80. The number of nitrogens with zero attached hydrogens (tertiary/aromatic N) is 1. The molecule has 8 heteroatoms. The van der Waals surface area contributed by atoms with Crippen LogP contribution in [0.15, 0.2) is 0 Å². The monoisotopic (exact) mass is 442 g/mol. The highest BCUT2D eigenvalue weighted by Gasteiger charge is 2.52. The molecule has 0 aliphatic carbocycles. The van der Waals surface area contributed by atoms with Gasteiger partial charge < -0.3 is 19.9 Å². The SMILES string of the molecule is CCCCNC(=O)CC[C@@H]1OC(C)(C)N(C(=O)OC(C)(C)C)[C@H]1CC(C)(C)CC(=O)O. The van der Waals surface area contributed by atoms with Crippen LogP contribution in [0.3, 0.4) is 0 Å². The third-order valence-electron chi connectivity index (χ3n) is 5.27. The van der Waals surface area contributed by atoms with Crippen molar-refractivity contribution in [1.29, 1.82) is 0 Å². The zero-order valence-electron chi connectivity index (χ0n) is 20.5. The van der Waals surface area contributed by atoms with E-state index in [9.17, 15) is 19.5 Å². The minimum Gasteiger partial charge on any atom is -0.481 e. The maximum absolute atomic E-state index is 13.1. The molecule has 8 nitrogen and oxygen atoms in total. The predicted molar refractivity (Wildman–Crippen MR) is 119 cm³/mol. The standard InChI is InChI=1S/C23H42N2O6/c1-9-10-13-24-18(26)12-11-17-16(14-22(5,6)15-19(27)28)25(23(7,8)30-17)20(29)31-21(2,3)4/h16-17H,9-15H2,1-8H3,(H,24,26)(H,27,28)/t16-,17-/m0/s1. The first-order valence-corrected chi connectivity index (χ1v) is 11.3. The first-order chi connectivity index (χ1) is 14.1. The largest absolute Gasteiger partial charge is 0.481 e. The van der Waals surface area contributed by atoms with E-state index in [1.165, 1.54) is 0 Å². The van der Waals surface area contributed by atoms with Crippen LogP contribution in [0.25, 0.3) is 0 Å². The van der Waals surface area contributed by atoms with E-state index in [-0.39, 0.29) is 18.7 Å². The fourth-order valence-corrected chi connectivity index (χ4v) is 4.03. The molecule has 0 aromatic rings. The van der Waals surface area contributed by atoms with Crippen LogP contribution in [0.2, 0.25) is 0 Å². The summed E-state index contributed by atoms with van der Waals surface area (Å²) in [5.41, 5.74) is -2.18. The smallest absolute Gasteiger partial charge is 0.412 e. The van der Waals surface area contributed by atoms with Gasteiger partial charge in [0.25, 0.3) is 0 Å². The molecule has 31 heavy (non-hydrogen) atoms. The first-order valence-electron chi connectivity index (χ1n) is 11.3. The maximum Gasteiger partial charge on any atom is 0.412 e. The molecule has 1 fully saturated rings. The molecule has 0 saturated carbocycles. The summed E-state index contributed by atoms with van der Waals surface area (Å²) in [4.78, 5) is 38.2. The molecule has 1 heterocycles. The lowest BCUT2D eigenvalue weighted by molar-refractivity contribution is -0.139. The Labute approximate surface area is 187 Å². The number of carboxylic acid groups (broad SMARTS) is 1. The van der Waals surface area contributed by atoms with Gasteiger partial charge in [-0.3, -0.25) is 14.5 Å². The maximum atomic E-state index is 13.1. The molecule has 2 N–H and O–H groups in total. The minimum atomic E-state index is -0.935. The first kappa shape index (κ1) is 27.2. The number of carbonyl (C=O) groups is 3. The Kier molecular flexibility index (Phi) is 9.35. The second kappa shape index (κ2) is 10.7. The zero-order chi connectivity index (χ0) is 24.0. The molecule has 0 bridgehead atoms. The van der Waals surface area contributed by atoms with Gasteiger partial charge in [-0.25, -0.2) is 4.79 Å². The highest BCUT2D eigenvalue weighted by atomic mass is 16.6. The lowest BCUT2D eigenvalue weighted by Gasteiger charge is -2.37. The average Bonchev–Trinajstić information content (AvgIpc) is 2.79. The van der Waals surface area contributed by atoms with Gasteiger partial charge in [-0.05, 0) is 59.3 Å². The van der Waals surface area contributed by atoms with Gasteiger partial charge in [0, 0.05) is 13.0 Å². The van der Waals surface area contributed by atoms with E-state index < -0.39 is 40.9 Å². The number of hydrogen-bond acceptors (Lipinski definition) is 5. The molecule has 1 rings (SSSR count). The summed E-state index contributed by atoms with van der Waals surface area (Å²) in [6.45, 7) is 15.5. The van der Waals surface area contributed by atoms with Gasteiger partial charge in [-0.1, -0.05) is 27.2 Å². The van der Waals surface area contributed by atoms with Gasteiger partial charge in [-0.15, -0.1) is 0 Å². The van der Waals surface area contributed by atoms with Crippen molar-refractivity contribution >= 4 is 18.0 Å². The van der Waals surface area contributed by atoms with Crippen molar-refractivity contribution in [2.45, 2.75) is 117 Å². The molecule has 0 radical (unpaired) electrons. The number of nitrogens with one attached hydrogen (secondary N) is 1. The molecule has 2 amide bonds. The Bertz CT molecular complexity index is 638. The molecule has 1 aliphatic heterocycles. The summed E-state index contributed by atoms with van der Waals surface area (Å²) in [6, 6.07) is -0.400. The second-order valence-corrected chi connectivity index (χ2v) is 10.7. The van der Waals surface area contributed by atoms with Crippen LogP contribution in [0.4, 0.5) is 4.79 Å². The van der Waals surface area contributed by atoms with Crippen LogP contribution in [-0.2, 0) is 19.1 Å². The second-order valence-electron chi connectivity index (χ2n) is 10.7. The van der Waals surface area contributed by atoms with Crippen molar-refractivity contribution in [2.24, 2.45) is 5.41 Å². The molecule has 0 spiro atoms. The van der Waals surface area contributed by atoms with E-state index in [0.717, 1.165) is 12.8 Å². The number of rotatable bonds is 10. The summed E-state index contributed by atoms with van der Waals surface area (Å²) >= 11 is 0. The Balaban J connectivity index is 3.06. The van der Waals surface area contributed by atoms with Crippen molar-refractivity contribution in [3.63, 3.8) is 0 Å². The average molecular weight is 443 g/mol. The highest BCUT2D eigenvalue weighted by molar-refractivity contribution is 5.76. The van der Waals surface area contributed by atoms with E-state index in [1.807, 2.05) is 13.8 Å². The molecule has 0 aromatic heterocycles. The summed E-state index contributed by atoms with van der Waals surface area (Å²) in [5, 5.41) is 12.2. The highest BCUT2D eigenvalue weighted by Crippen LogP contribution is 2.41. The Hall–Kier alpha value is -1.83. The number of amides is 2. The van der Waals surface area contributed by atoms with Crippen LogP contribution < -0.4 is 5.32 Å². The van der Waals surface area contributed by atoms with Crippen molar-refractivity contribution in [1.82, 2.24) is 10.2 Å². The number of hydrogen-bond donors (Lipinski definition) is 2. The van der Waals surface area contributed by atoms with Crippen molar-refractivity contribution < 1.29 is 29.0 Å². The van der Waals surface area contributed by atoms with Gasteiger partial charge in [0.15, 0.2) is 0 Å². The number of ether oxygens (including phenoxy) is 2. The predicted octanol–water partition coefficient (Wildman–Crippen LogP) is 4.31. The van der Waals surface area contributed by atoms with Gasteiger partial charge in [-0.2, -0.15) is 0 Å². The molecule has 2 atom stereocenters.